The number of rotatable bonds is 6. The molecule has 1 unspecified atom stereocenters. The van der Waals surface area contributed by atoms with Gasteiger partial charge in [-0.15, -0.1) is 0 Å². The van der Waals surface area contributed by atoms with Gasteiger partial charge >= 0.3 is 0 Å². The summed E-state index contributed by atoms with van der Waals surface area (Å²) in [6.07, 6.45) is 3.97. The highest BCUT2D eigenvalue weighted by Gasteiger charge is 2.16. The van der Waals surface area contributed by atoms with Crippen LogP contribution in [0.25, 0.3) is 11.0 Å². The summed E-state index contributed by atoms with van der Waals surface area (Å²) in [7, 11) is 0. The summed E-state index contributed by atoms with van der Waals surface area (Å²) in [6, 6.07) is 8.56. The second kappa shape index (κ2) is 6.63. The van der Waals surface area contributed by atoms with Gasteiger partial charge in [-0.1, -0.05) is 18.2 Å². The van der Waals surface area contributed by atoms with Gasteiger partial charge in [-0.05, 0) is 70.9 Å². The van der Waals surface area contributed by atoms with E-state index in [1.54, 1.807) is 0 Å². The third kappa shape index (κ3) is 3.30. The maximum Gasteiger partial charge on any atom is 0.134 e. The normalized spacial score (nSPS) is 17.6. The molecule has 1 aromatic heterocycles. The summed E-state index contributed by atoms with van der Waals surface area (Å²) in [5.41, 5.74) is 2.26. The van der Waals surface area contributed by atoms with Crippen LogP contribution in [0.4, 0.5) is 0 Å². The first-order valence-corrected chi connectivity index (χ1v) is 8.19. The van der Waals surface area contributed by atoms with E-state index in [1.807, 2.05) is 12.1 Å². The molecule has 0 aliphatic carbocycles. The number of likely N-dealkylation sites (tertiary alicyclic amines) is 1. The third-order valence-electron chi connectivity index (χ3n) is 4.57. The van der Waals surface area contributed by atoms with E-state index in [0.29, 0.717) is 0 Å². The average Bonchev–Trinajstić information content (AvgIpc) is 3.12. The Bertz CT molecular complexity index is 584. The van der Waals surface area contributed by atoms with Crippen LogP contribution < -0.4 is 5.32 Å². The quantitative estimate of drug-likeness (QED) is 0.817. The van der Waals surface area contributed by atoms with E-state index in [0.717, 1.165) is 17.9 Å². The number of furan rings is 1. The van der Waals surface area contributed by atoms with Crippen molar-refractivity contribution in [1.29, 1.82) is 0 Å². The molecule has 1 aliphatic rings. The molecule has 1 atom stereocenters. The van der Waals surface area contributed by atoms with Gasteiger partial charge in [0.1, 0.15) is 11.3 Å². The number of hydrogen-bond acceptors (Lipinski definition) is 3. The third-order valence-corrected chi connectivity index (χ3v) is 4.57. The summed E-state index contributed by atoms with van der Waals surface area (Å²) in [5.74, 6) is 1.08. The SMILES string of the molecule is Cc1c(C(C)NCCCN2CCCC2)oc2ccccc12. The van der Waals surface area contributed by atoms with Crippen LogP contribution in [-0.4, -0.2) is 31.1 Å². The second-order valence-electron chi connectivity index (χ2n) is 6.17. The van der Waals surface area contributed by atoms with Crippen molar-refractivity contribution in [2.75, 3.05) is 26.2 Å². The Morgan fingerprint density at radius 3 is 2.76 bits per heavy atom. The zero-order valence-electron chi connectivity index (χ0n) is 13.2. The van der Waals surface area contributed by atoms with Crippen LogP contribution in [0.1, 0.15) is 43.6 Å². The lowest BCUT2D eigenvalue weighted by molar-refractivity contribution is 0.326. The Morgan fingerprint density at radius 2 is 2.00 bits per heavy atom. The lowest BCUT2D eigenvalue weighted by atomic mass is 10.1. The molecule has 0 bridgehead atoms. The summed E-state index contributed by atoms with van der Waals surface area (Å²) in [6.45, 7) is 9.20. The molecule has 0 amide bonds. The number of para-hydroxylation sites is 1. The van der Waals surface area contributed by atoms with Crippen LogP contribution in [0, 0.1) is 6.92 Å². The lowest BCUT2D eigenvalue weighted by Gasteiger charge is -2.16. The fourth-order valence-electron chi connectivity index (χ4n) is 3.33. The number of benzene rings is 1. The molecule has 0 radical (unpaired) electrons. The monoisotopic (exact) mass is 286 g/mol. The predicted molar refractivity (Wildman–Crippen MR) is 87.7 cm³/mol. The zero-order valence-corrected chi connectivity index (χ0v) is 13.2. The summed E-state index contributed by atoms with van der Waals surface area (Å²) >= 11 is 0. The number of nitrogens with one attached hydrogen (secondary N) is 1. The molecule has 1 N–H and O–H groups in total. The first kappa shape index (κ1) is 14.6. The number of hydrogen-bond donors (Lipinski definition) is 1. The Labute approximate surface area is 127 Å². The molecule has 21 heavy (non-hydrogen) atoms. The van der Waals surface area contributed by atoms with Crippen molar-refractivity contribution in [2.45, 2.75) is 39.2 Å². The van der Waals surface area contributed by atoms with Gasteiger partial charge in [0.25, 0.3) is 0 Å². The minimum atomic E-state index is 0.274. The molecule has 1 aliphatic heterocycles. The van der Waals surface area contributed by atoms with E-state index >= 15 is 0 Å². The molecular formula is C18H26N2O. The molecule has 0 spiro atoms. The largest absolute Gasteiger partial charge is 0.459 e. The van der Waals surface area contributed by atoms with Crippen molar-refractivity contribution < 1.29 is 4.42 Å². The molecule has 114 valence electrons. The Kier molecular flexibility index (Phi) is 4.61. The van der Waals surface area contributed by atoms with Gasteiger partial charge < -0.3 is 14.6 Å². The standard InChI is InChI=1S/C18H26N2O/c1-14-16-8-3-4-9-17(16)21-18(14)15(2)19-10-7-13-20-11-5-6-12-20/h3-4,8-9,15,19H,5-7,10-13H2,1-2H3. The van der Waals surface area contributed by atoms with Gasteiger partial charge in [0, 0.05) is 5.39 Å². The minimum absolute atomic E-state index is 0.274. The van der Waals surface area contributed by atoms with Crippen molar-refractivity contribution in [3.05, 3.63) is 35.6 Å². The van der Waals surface area contributed by atoms with Crippen molar-refractivity contribution >= 4 is 11.0 Å². The van der Waals surface area contributed by atoms with Crippen molar-refractivity contribution in [2.24, 2.45) is 0 Å². The zero-order chi connectivity index (χ0) is 14.7. The van der Waals surface area contributed by atoms with Gasteiger partial charge in [-0.25, -0.2) is 0 Å². The van der Waals surface area contributed by atoms with Gasteiger partial charge in [0.05, 0.1) is 6.04 Å². The molecule has 3 nitrogen and oxygen atoms in total. The van der Waals surface area contributed by atoms with Gasteiger partial charge in [0.15, 0.2) is 0 Å². The number of aryl methyl sites for hydroxylation is 1. The molecule has 1 fully saturated rings. The number of fused-ring (bicyclic) bond motifs is 1. The van der Waals surface area contributed by atoms with Crippen molar-refractivity contribution in [3.63, 3.8) is 0 Å². The summed E-state index contributed by atoms with van der Waals surface area (Å²) < 4.78 is 6.02. The maximum absolute atomic E-state index is 6.02. The van der Waals surface area contributed by atoms with E-state index < -0.39 is 0 Å². The van der Waals surface area contributed by atoms with E-state index in [2.05, 4.69) is 36.2 Å². The fraction of sp³-hybridized carbons (Fsp3) is 0.556. The van der Waals surface area contributed by atoms with Crippen LogP contribution in [0.5, 0.6) is 0 Å². The topological polar surface area (TPSA) is 28.4 Å². The maximum atomic E-state index is 6.02. The van der Waals surface area contributed by atoms with E-state index in [4.69, 9.17) is 4.42 Å². The Hall–Kier alpha value is -1.32. The molecule has 3 heteroatoms. The van der Waals surface area contributed by atoms with Crippen LogP contribution in [0.15, 0.2) is 28.7 Å². The minimum Gasteiger partial charge on any atom is -0.459 e. The first-order chi connectivity index (χ1) is 10.3. The van der Waals surface area contributed by atoms with E-state index in [1.165, 1.54) is 49.8 Å². The van der Waals surface area contributed by atoms with Gasteiger partial charge in [-0.2, -0.15) is 0 Å². The second-order valence-corrected chi connectivity index (χ2v) is 6.17. The molecule has 3 rings (SSSR count). The van der Waals surface area contributed by atoms with Crippen molar-refractivity contribution in [1.82, 2.24) is 10.2 Å². The van der Waals surface area contributed by atoms with Crippen molar-refractivity contribution in [3.8, 4) is 0 Å². The summed E-state index contributed by atoms with van der Waals surface area (Å²) in [4.78, 5) is 2.57. The molecule has 0 saturated carbocycles. The molecular weight excluding hydrogens is 260 g/mol. The number of nitrogens with zero attached hydrogens (tertiary/aromatic N) is 1. The van der Waals surface area contributed by atoms with Crippen LogP contribution in [-0.2, 0) is 0 Å². The fourth-order valence-corrected chi connectivity index (χ4v) is 3.33. The predicted octanol–water partition coefficient (Wildman–Crippen LogP) is 3.88. The molecule has 2 aromatic rings. The van der Waals surface area contributed by atoms with Crippen LogP contribution in [0.2, 0.25) is 0 Å². The Morgan fingerprint density at radius 1 is 1.24 bits per heavy atom. The van der Waals surface area contributed by atoms with Crippen LogP contribution >= 0.6 is 0 Å². The Balaban J connectivity index is 1.54. The highest BCUT2D eigenvalue weighted by atomic mass is 16.3. The average molecular weight is 286 g/mol. The molecule has 2 heterocycles. The first-order valence-electron chi connectivity index (χ1n) is 8.19. The van der Waals surface area contributed by atoms with E-state index in [-0.39, 0.29) is 6.04 Å². The highest BCUT2D eigenvalue weighted by Crippen LogP contribution is 2.29. The summed E-state index contributed by atoms with van der Waals surface area (Å²) in [5, 5.41) is 4.84. The smallest absolute Gasteiger partial charge is 0.134 e. The lowest BCUT2D eigenvalue weighted by Crippen LogP contribution is -2.26. The van der Waals surface area contributed by atoms with E-state index in [9.17, 15) is 0 Å². The molecule has 1 saturated heterocycles. The van der Waals surface area contributed by atoms with Crippen LogP contribution in [0.3, 0.4) is 0 Å². The van der Waals surface area contributed by atoms with Gasteiger partial charge in [-0.3, -0.25) is 0 Å². The highest BCUT2D eigenvalue weighted by molar-refractivity contribution is 5.82. The van der Waals surface area contributed by atoms with Gasteiger partial charge in [0.2, 0.25) is 0 Å². The molecule has 1 aromatic carbocycles.